The van der Waals surface area contributed by atoms with Gasteiger partial charge in [0.15, 0.2) is 0 Å². The smallest absolute Gasteiger partial charge is 0.273 e. The van der Waals surface area contributed by atoms with Gasteiger partial charge >= 0.3 is 0 Å². The van der Waals surface area contributed by atoms with Crippen molar-refractivity contribution in [1.29, 1.82) is 0 Å². The molecule has 1 aliphatic carbocycles. The molecular weight excluding hydrogens is 422 g/mol. The van der Waals surface area contributed by atoms with E-state index in [1.807, 2.05) is 12.1 Å². The zero-order valence-corrected chi connectivity index (χ0v) is 18.2. The summed E-state index contributed by atoms with van der Waals surface area (Å²) in [5.41, 5.74) is 2.67. The molecule has 0 radical (unpaired) electrons. The number of nitrogens with one attached hydrogen (secondary N) is 1. The molecule has 1 saturated heterocycles. The molecule has 2 aliphatic rings. The van der Waals surface area contributed by atoms with Crippen LogP contribution in [0.1, 0.15) is 56.6 Å². The van der Waals surface area contributed by atoms with Crippen LogP contribution < -0.4 is 9.46 Å². The Morgan fingerprint density at radius 3 is 2.68 bits per heavy atom. The zero-order valence-electron chi connectivity index (χ0n) is 17.4. The van der Waals surface area contributed by atoms with E-state index in [1.54, 1.807) is 12.1 Å². The van der Waals surface area contributed by atoms with Gasteiger partial charge in [-0.2, -0.15) is 0 Å². The summed E-state index contributed by atoms with van der Waals surface area (Å²) in [7, 11) is -3.28. The molecule has 1 fully saturated rings. The molecule has 1 atom stereocenters. The quantitative estimate of drug-likeness (QED) is 0.646. The molecule has 0 bridgehead atoms. The standard InChI is InChI=1S/C23H26F2N2O3S/c1-2-23(24,25)18-11-13-26-21(15-18)30-19-9-7-16(8-10-19)20-6-4-3-5-17-12-14-31(28,29)27-22(17)20/h7-11,13,15,17,27H,2-6,12,14H2,1H3. The van der Waals surface area contributed by atoms with Crippen LogP contribution in [-0.4, -0.2) is 19.2 Å². The molecule has 0 amide bonds. The molecule has 2 aromatic rings. The van der Waals surface area contributed by atoms with Crippen molar-refractivity contribution >= 4 is 15.6 Å². The summed E-state index contributed by atoms with van der Waals surface area (Å²) in [6, 6.07) is 9.83. The van der Waals surface area contributed by atoms with Gasteiger partial charge in [0.25, 0.3) is 5.92 Å². The van der Waals surface area contributed by atoms with Crippen molar-refractivity contribution in [2.45, 2.75) is 51.4 Å². The Morgan fingerprint density at radius 1 is 1.16 bits per heavy atom. The average Bonchev–Trinajstić information content (AvgIpc) is 2.96. The van der Waals surface area contributed by atoms with E-state index in [0.717, 1.165) is 42.5 Å². The van der Waals surface area contributed by atoms with E-state index in [-0.39, 0.29) is 29.5 Å². The molecule has 1 aromatic carbocycles. The van der Waals surface area contributed by atoms with Crippen molar-refractivity contribution < 1.29 is 21.9 Å². The van der Waals surface area contributed by atoms with Gasteiger partial charge in [0.2, 0.25) is 15.9 Å². The molecule has 1 aliphatic heterocycles. The van der Waals surface area contributed by atoms with Crippen molar-refractivity contribution in [2.75, 3.05) is 5.75 Å². The van der Waals surface area contributed by atoms with Crippen LogP contribution in [0.5, 0.6) is 11.6 Å². The van der Waals surface area contributed by atoms with Gasteiger partial charge < -0.3 is 4.74 Å². The molecule has 0 saturated carbocycles. The Labute approximate surface area is 181 Å². The number of hydrogen-bond donors (Lipinski definition) is 1. The van der Waals surface area contributed by atoms with Gasteiger partial charge in [0.05, 0.1) is 5.75 Å². The van der Waals surface area contributed by atoms with E-state index in [1.165, 1.54) is 25.3 Å². The van der Waals surface area contributed by atoms with Gasteiger partial charge in [0.1, 0.15) is 5.75 Å². The molecule has 5 nitrogen and oxygen atoms in total. The zero-order chi connectivity index (χ0) is 22.1. The fourth-order valence-corrected chi connectivity index (χ4v) is 5.53. The average molecular weight is 449 g/mol. The number of alkyl halides is 2. The number of benzene rings is 1. The van der Waals surface area contributed by atoms with Crippen LogP contribution in [0.25, 0.3) is 5.57 Å². The number of hydrogen-bond acceptors (Lipinski definition) is 4. The number of sulfonamides is 1. The predicted molar refractivity (Wildman–Crippen MR) is 115 cm³/mol. The number of ether oxygens (including phenoxy) is 1. The van der Waals surface area contributed by atoms with E-state index >= 15 is 0 Å². The van der Waals surface area contributed by atoms with E-state index in [0.29, 0.717) is 12.2 Å². The third kappa shape index (κ3) is 4.89. The maximum Gasteiger partial charge on any atom is 0.273 e. The highest BCUT2D eigenvalue weighted by molar-refractivity contribution is 7.89. The summed E-state index contributed by atoms with van der Waals surface area (Å²) < 4.78 is 60.7. The highest BCUT2D eigenvalue weighted by atomic mass is 32.2. The first kappa shape index (κ1) is 21.7. The van der Waals surface area contributed by atoms with Gasteiger partial charge in [-0.25, -0.2) is 22.2 Å². The summed E-state index contributed by atoms with van der Waals surface area (Å²) in [4.78, 5) is 4.04. The second kappa shape index (κ2) is 8.57. The Morgan fingerprint density at radius 2 is 1.94 bits per heavy atom. The lowest BCUT2D eigenvalue weighted by Gasteiger charge is -2.28. The topological polar surface area (TPSA) is 68.3 Å². The van der Waals surface area contributed by atoms with Crippen molar-refractivity contribution in [2.24, 2.45) is 5.92 Å². The molecule has 8 heteroatoms. The van der Waals surface area contributed by atoms with Crippen LogP contribution in [0.2, 0.25) is 0 Å². The molecular formula is C23H26F2N2O3S. The van der Waals surface area contributed by atoms with Crippen LogP contribution >= 0.6 is 0 Å². The number of halogens is 2. The fraction of sp³-hybridized carbons (Fsp3) is 0.435. The molecule has 0 spiro atoms. The third-order valence-corrected chi connectivity index (χ3v) is 7.29. The number of fused-ring (bicyclic) bond motifs is 1. The number of aromatic nitrogens is 1. The minimum atomic E-state index is -3.28. The minimum absolute atomic E-state index is 0.106. The Balaban J connectivity index is 1.58. The van der Waals surface area contributed by atoms with Crippen molar-refractivity contribution in [1.82, 2.24) is 9.71 Å². The normalized spacial score (nSPS) is 21.1. The molecule has 2 heterocycles. The van der Waals surface area contributed by atoms with Gasteiger partial charge in [-0.3, -0.25) is 4.72 Å². The molecule has 1 unspecified atom stereocenters. The number of pyridine rings is 1. The van der Waals surface area contributed by atoms with Crippen molar-refractivity contribution in [3.63, 3.8) is 0 Å². The first-order chi connectivity index (χ1) is 14.8. The van der Waals surface area contributed by atoms with Crippen molar-refractivity contribution in [3.05, 3.63) is 59.4 Å². The Bertz CT molecular complexity index is 1080. The van der Waals surface area contributed by atoms with E-state index in [9.17, 15) is 17.2 Å². The van der Waals surface area contributed by atoms with Crippen LogP contribution in [0.4, 0.5) is 8.78 Å². The van der Waals surface area contributed by atoms with Gasteiger partial charge in [-0.15, -0.1) is 0 Å². The maximum atomic E-state index is 13.9. The van der Waals surface area contributed by atoms with Crippen LogP contribution in [0.15, 0.2) is 48.3 Å². The minimum Gasteiger partial charge on any atom is -0.439 e. The monoisotopic (exact) mass is 448 g/mol. The summed E-state index contributed by atoms with van der Waals surface area (Å²) in [6.45, 7) is 1.43. The summed E-state index contributed by atoms with van der Waals surface area (Å²) in [5.74, 6) is -1.93. The maximum absolute atomic E-state index is 13.9. The van der Waals surface area contributed by atoms with Crippen LogP contribution in [-0.2, 0) is 15.9 Å². The lowest BCUT2D eigenvalue weighted by Crippen LogP contribution is -2.36. The third-order valence-electron chi connectivity index (χ3n) is 5.99. The fourth-order valence-electron chi connectivity index (χ4n) is 4.21. The summed E-state index contributed by atoms with van der Waals surface area (Å²) in [6.07, 6.45) is 5.56. The van der Waals surface area contributed by atoms with Gasteiger partial charge in [-0.05, 0) is 55.0 Å². The molecule has 1 aromatic heterocycles. The molecule has 4 rings (SSSR count). The van der Waals surface area contributed by atoms with Crippen LogP contribution in [0, 0.1) is 5.92 Å². The molecule has 1 N–H and O–H groups in total. The molecule has 31 heavy (non-hydrogen) atoms. The number of rotatable bonds is 5. The van der Waals surface area contributed by atoms with Gasteiger partial charge in [-0.1, -0.05) is 25.5 Å². The Kier molecular flexibility index (Phi) is 6.01. The van der Waals surface area contributed by atoms with E-state index in [4.69, 9.17) is 4.74 Å². The highest BCUT2D eigenvalue weighted by Crippen LogP contribution is 2.38. The Hall–Kier alpha value is -2.48. The SMILES string of the molecule is CCC(F)(F)c1ccnc(Oc2ccc(C3=C4NS(=O)(=O)CCC4CCCC3)cc2)c1. The first-order valence-corrected chi connectivity index (χ1v) is 12.3. The highest BCUT2D eigenvalue weighted by Gasteiger charge is 2.31. The van der Waals surface area contributed by atoms with Gasteiger partial charge in [0, 0.05) is 35.9 Å². The predicted octanol–water partition coefficient (Wildman–Crippen LogP) is 5.60. The summed E-state index contributed by atoms with van der Waals surface area (Å²) >= 11 is 0. The lowest BCUT2D eigenvalue weighted by atomic mass is 9.93. The second-order valence-electron chi connectivity index (χ2n) is 8.11. The lowest BCUT2D eigenvalue weighted by molar-refractivity contribution is -0.00855. The first-order valence-electron chi connectivity index (χ1n) is 10.6. The number of nitrogens with zero attached hydrogens (tertiary/aromatic N) is 1. The van der Waals surface area contributed by atoms with E-state index in [2.05, 4.69) is 9.71 Å². The molecule has 166 valence electrons. The number of allylic oxidation sites excluding steroid dienone is 2. The van der Waals surface area contributed by atoms with Crippen molar-refractivity contribution in [3.8, 4) is 11.6 Å². The second-order valence-corrected chi connectivity index (χ2v) is 9.95. The summed E-state index contributed by atoms with van der Waals surface area (Å²) in [5, 5.41) is 0. The van der Waals surface area contributed by atoms with Crippen LogP contribution in [0.3, 0.4) is 0 Å². The largest absolute Gasteiger partial charge is 0.439 e. The van der Waals surface area contributed by atoms with E-state index < -0.39 is 15.9 Å².